The Balaban J connectivity index is 0. The Kier molecular flexibility index (Phi) is 7.36. The zero-order valence-corrected chi connectivity index (χ0v) is 12.0. The molecule has 0 fully saturated rings. The molecule has 0 atom stereocenters. The number of rotatable bonds is 2. The second-order valence-corrected chi connectivity index (χ2v) is 5.69. The molecule has 0 bridgehead atoms. The van der Waals surface area contributed by atoms with Crippen LogP contribution in [0.5, 0.6) is 0 Å². The Morgan fingerprint density at radius 1 is 0.625 bits per heavy atom. The first-order chi connectivity index (χ1) is 6.50. The molecule has 0 rings (SSSR count). The van der Waals surface area contributed by atoms with E-state index in [9.17, 15) is 30.7 Å². The normalized spacial score (nSPS) is 14.2. The van der Waals surface area contributed by atoms with Gasteiger partial charge in [-0.1, -0.05) is 23.2 Å². The van der Waals surface area contributed by atoms with Crippen molar-refractivity contribution in [3.8, 4) is 0 Å². The van der Waals surface area contributed by atoms with Crippen molar-refractivity contribution in [2.75, 3.05) is 0 Å². The van der Waals surface area contributed by atoms with Crippen LogP contribution in [-0.2, 0) is 0 Å². The Morgan fingerprint density at radius 3 is 0.750 bits per heavy atom. The van der Waals surface area contributed by atoms with Gasteiger partial charge < -0.3 is 0 Å². The molecule has 0 amide bonds. The average molecular weight is 447 g/mol. The molecule has 0 aliphatic carbocycles. The largest absolute Gasteiger partial charge is 0.383 e. The molecule has 0 nitrogen and oxygen atoms in total. The monoisotopic (exact) mass is 444 g/mol. The van der Waals surface area contributed by atoms with Crippen molar-refractivity contribution >= 4 is 66.7 Å². The lowest BCUT2D eigenvalue weighted by molar-refractivity contribution is -0.0724. The van der Waals surface area contributed by atoms with Gasteiger partial charge in [-0.3, -0.25) is 0 Å². The van der Waals surface area contributed by atoms with Crippen molar-refractivity contribution < 1.29 is 30.7 Å². The molecule has 0 spiro atoms. The third-order valence-corrected chi connectivity index (χ3v) is 3.10. The van der Waals surface area contributed by atoms with Gasteiger partial charge in [0, 0.05) is 0 Å². The van der Waals surface area contributed by atoms with Crippen LogP contribution < -0.4 is 0 Å². The molecule has 0 saturated carbocycles. The predicted molar refractivity (Wildman–Crippen MR) is 54.1 cm³/mol. The first-order valence-corrected chi connectivity index (χ1v) is 5.49. The summed E-state index contributed by atoms with van der Waals surface area (Å²) >= 11 is 15.4. The van der Waals surface area contributed by atoms with Crippen LogP contribution in [-0.4, -0.2) is 19.6 Å². The van der Waals surface area contributed by atoms with Crippen molar-refractivity contribution in [3.63, 3.8) is 0 Å². The van der Waals surface area contributed by atoms with Crippen LogP contribution in [0.25, 0.3) is 0 Å². The fourth-order valence-corrected chi connectivity index (χ4v) is 0. The summed E-state index contributed by atoms with van der Waals surface area (Å²) in [6.45, 7) is 0. The van der Waals surface area contributed by atoms with E-state index < -0.39 is 19.6 Å². The zero-order valence-electron chi connectivity index (χ0n) is 6.54. The average Bonchev–Trinajstić information content (AvgIpc) is 1.77. The van der Waals surface area contributed by atoms with Gasteiger partial charge in [0.25, 0.3) is 0 Å². The van der Waals surface area contributed by atoms with Gasteiger partial charge in [0.2, 0.25) is 0 Å². The molecular weight excluding hydrogens is 447 g/mol. The lowest BCUT2D eigenvalue weighted by atomic mass is 10.8. The van der Waals surface area contributed by atoms with Crippen LogP contribution in [0.1, 0.15) is 0 Å². The molecule has 0 aromatic heterocycles. The lowest BCUT2D eigenvalue weighted by Gasteiger charge is -2.13. The standard InChI is InChI=1S/C2Br2F4.C2Cl3F3/c3-1(5,6)2(4,7)8;3-1(4,6)2(5,7)8. The Morgan fingerprint density at radius 2 is 0.750 bits per heavy atom. The van der Waals surface area contributed by atoms with Crippen LogP contribution in [0, 0.1) is 0 Å². The van der Waals surface area contributed by atoms with Gasteiger partial charge in [0.15, 0.2) is 0 Å². The van der Waals surface area contributed by atoms with E-state index in [2.05, 4.69) is 34.8 Å². The summed E-state index contributed by atoms with van der Waals surface area (Å²) in [5.74, 6) is 0. The maximum Gasteiger partial charge on any atom is 0.383 e. The second-order valence-electron chi connectivity index (χ2n) is 1.99. The van der Waals surface area contributed by atoms with E-state index in [-0.39, 0.29) is 0 Å². The smallest absolute Gasteiger partial charge is 0.199 e. The number of hydrogen-bond acceptors (Lipinski definition) is 0. The van der Waals surface area contributed by atoms with E-state index in [1.807, 2.05) is 0 Å². The lowest BCUT2D eigenvalue weighted by Crippen LogP contribution is -2.27. The fraction of sp³-hybridized carbons (Fsp3) is 1.00. The molecule has 0 aliphatic rings. The fourth-order valence-electron chi connectivity index (χ4n) is 0. The topological polar surface area (TPSA) is 0 Å². The molecule has 12 heteroatoms. The molecule has 0 aromatic rings. The van der Waals surface area contributed by atoms with Crippen molar-refractivity contribution in [2.45, 2.75) is 19.6 Å². The van der Waals surface area contributed by atoms with E-state index in [0.717, 1.165) is 0 Å². The van der Waals surface area contributed by atoms with Gasteiger partial charge in [0.05, 0.1) is 0 Å². The summed E-state index contributed by atoms with van der Waals surface area (Å²) in [6.07, 6.45) is 0. The predicted octanol–water partition coefficient (Wildman–Crippen LogP) is 5.88. The summed E-state index contributed by atoms with van der Waals surface area (Å²) in [6, 6.07) is 0. The molecule has 16 heavy (non-hydrogen) atoms. The molecule has 0 saturated heterocycles. The number of alkyl halides is 12. The number of halogens is 12. The van der Waals surface area contributed by atoms with Crippen LogP contribution in [0.2, 0.25) is 0 Å². The molecule has 100 valence electrons. The first kappa shape index (κ1) is 19.7. The summed E-state index contributed by atoms with van der Waals surface area (Å²) < 4.78 is 76.0. The third-order valence-electron chi connectivity index (χ3n) is 0.643. The van der Waals surface area contributed by atoms with E-state index in [1.165, 1.54) is 31.9 Å². The van der Waals surface area contributed by atoms with Crippen LogP contribution >= 0.6 is 66.7 Å². The molecule has 0 radical (unpaired) electrons. The number of hydrogen-bond donors (Lipinski definition) is 0. The summed E-state index contributed by atoms with van der Waals surface area (Å²) in [5.41, 5.74) is 0. The van der Waals surface area contributed by atoms with Gasteiger partial charge in [-0.05, 0) is 43.5 Å². The molecule has 0 N–H and O–H groups in total. The third kappa shape index (κ3) is 8.43. The van der Waals surface area contributed by atoms with E-state index in [4.69, 9.17) is 0 Å². The van der Waals surface area contributed by atoms with Gasteiger partial charge >= 0.3 is 19.6 Å². The van der Waals surface area contributed by atoms with Crippen molar-refractivity contribution in [1.29, 1.82) is 0 Å². The minimum Gasteiger partial charge on any atom is -0.199 e. The van der Waals surface area contributed by atoms with E-state index >= 15 is 0 Å². The Labute approximate surface area is 117 Å². The highest BCUT2D eigenvalue weighted by molar-refractivity contribution is 9.12. The van der Waals surface area contributed by atoms with E-state index in [1.54, 1.807) is 0 Å². The Hall–Kier alpha value is 1.34. The Bertz CT molecular complexity index is 164. The zero-order chi connectivity index (χ0) is 14.0. The van der Waals surface area contributed by atoms with Crippen molar-refractivity contribution in [1.82, 2.24) is 0 Å². The summed E-state index contributed by atoms with van der Waals surface area (Å²) in [4.78, 5) is -8.33. The second kappa shape index (κ2) is 5.99. The first-order valence-electron chi connectivity index (χ1n) is 2.77. The van der Waals surface area contributed by atoms with E-state index in [0.29, 0.717) is 0 Å². The van der Waals surface area contributed by atoms with Gasteiger partial charge in [-0.15, -0.1) is 0 Å². The van der Waals surface area contributed by atoms with Gasteiger partial charge in [-0.2, -0.15) is 30.7 Å². The van der Waals surface area contributed by atoms with Crippen LogP contribution in [0.4, 0.5) is 30.7 Å². The van der Waals surface area contributed by atoms with Gasteiger partial charge in [0.1, 0.15) is 0 Å². The summed E-state index contributed by atoms with van der Waals surface area (Å²) in [7, 11) is 0. The SMILES string of the molecule is FC(F)(Br)C(F)(F)Br.FC(F)(Cl)C(F)(Cl)Cl. The molecular formula is C4Br2Cl3F7. The van der Waals surface area contributed by atoms with Crippen molar-refractivity contribution in [3.05, 3.63) is 0 Å². The maximum absolute atomic E-state index is 11.5. The molecule has 0 aliphatic heterocycles. The van der Waals surface area contributed by atoms with Crippen LogP contribution in [0.15, 0.2) is 0 Å². The van der Waals surface area contributed by atoms with Crippen molar-refractivity contribution in [2.24, 2.45) is 0 Å². The minimum atomic E-state index is -4.23. The minimum absolute atomic E-state index is 1.47. The van der Waals surface area contributed by atoms with Crippen LogP contribution in [0.3, 0.4) is 0 Å². The highest BCUT2D eigenvalue weighted by Gasteiger charge is 2.52. The molecule has 0 unspecified atom stereocenters. The molecule has 0 heterocycles. The molecule has 0 aromatic carbocycles. The summed E-state index contributed by atoms with van der Waals surface area (Å²) in [5, 5.41) is -4.23. The highest BCUT2D eigenvalue weighted by atomic mass is 79.9. The maximum atomic E-state index is 11.5. The quantitative estimate of drug-likeness (QED) is 0.367. The van der Waals surface area contributed by atoms with Gasteiger partial charge in [-0.25, -0.2) is 0 Å². The highest BCUT2D eigenvalue weighted by Crippen LogP contribution is 2.43.